The van der Waals surface area contributed by atoms with Crippen LogP contribution < -0.4 is 10.1 Å². The summed E-state index contributed by atoms with van der Waals surface area (Å²) in [4.78, 5) is 2.40. The summed E-state index contributed by atoms with van der Waals surface area (Å²) in [6.07, 6.45) is 0. The van der Waals surface area contributed by atoms with Crippen molar-refractivity contribution in [1.82, 2.24) is 0 Å². The molecule has 49 heavy (non-hydrogen) atoms. The molecule has 0 saturated carbocycles. The minimum atomic E-state index is -1.40. The van der Waals surface area contributed by atoms with Crippen LogP contribution in [0.3, 0.4) is 0 Å². The summed E-state index contributed by atoms with van der Waals surface area (Å²) < 4.78 is 0. The fourth-order valence-corrected chi connectivity index (χ4v) is 9.39. The van der Waals surface area contributed by atoms with Gasteiger partial charge in [-0.2, -0.15) is 0 Å². The van der Waals surface area contributed by atoms with E-state index in [1.54, 1.807) is 0 Å². The van der Waals surface area contributed by atoms with Crippen molar-refractivity contribution < 1.29 is 0 Å². The molecular weight excluding hydrogens is 607 g/mol. The van der Waals surface area contributed by atoms with Crippen molar-refractivity contribution in [2.24, 2.45) is 0 Å². The lowest BCUT2D eigenvalue weighted by Gasteiger charge is -2.27. The topological polar surface area (TPSA) is 3.24 Å². The second-order valence-electron chi connectivity index (χ2n) is 14.6. The molecule has 0 amide bonds. The summed E-state index contributed by atoms with van der Waals surface area (Å²) in [7, 11) is -1.40. The Bertz CT molecular complexity index is 2760. The molecule has 2 heteroatoms. The number of hydrogen-bond acceptors (Lipinski definition) is 1. The highest BCUT2D eigenvalue weighted by Crippen LogP contribution is 2.44. The van der Waals surface area contributed by atoms with Gasteiger partial charge in [-0.15, -0.1) is 0 Å². The largest absolute Gasteiger partial charge is 0.310 e. The van der Waals surface area contributed by atoms with Crippen molar-refractivity contribution in [3.8, 4) is 11.1 Å². The number of para-hydroxylation sites is 1. The fourth-order valence-electron chi connectivity index (χ4n) is 8.23. The zero-order chi connectivity index (χ0) is 32.9. The van der Waals surface area contributed by atoms with Crippen molar-refractivity contribution in [3.63, 3.8) is 0 Å². The van der Waals surface area contributed by atoms with E-state index in [2.05, 4.69) is 182 Å². The van der Waals surface area contributed by atoms with E-state index in [-0.39, 0.29) is 0 Å². The molecule has 0 heterocycles. The molecule has 0 aliphatic carbocycles. The van der Waals surface area contributed by atoms with E-state index < -0.39 is 8.07 Å². The molecule has 0 atom stereocenters. The quantitative estimate of drug-likeness (QED) is 0.133. The first kappa shape index (κ1) is 28.3. The summed E-state index contributed by atoms with van der Waals surface area (Å²) in [6, 6.07) is 59.2. The normalized spacial score (nSPS) is 12.4. The van der Waals surface area contributed by atoms with Crippen molar-refractivity contribution in [2.75, 3.05) is 4.90 Å². The molecule has 0 N–H and O–H groups in total. The average molecular weight is 642 g/mol. The molecule has 10 rings (SSSR count). The van der Waals surface area contributed by atoms with Gasteiger partial charge >= 0.3 is 0 Å². The standard InChI is InChI=1S/C47H35NSi/c1-49(2,3)41-22-20-39(21-23-41)48(38-10-5-4-6-11-38)40-28-35-16-14-33-26-37(27-34-15-17-36(29-40)46(35)45(33)34)42-24-18-32-13-12-30-8-7-9-31-19-25-43(42)47(32)44(30)31/h4-29H,1-3H3. The molecule has 0 radical (unpaired) electrons. The molecule has 0 unspecified atom stereocenters. The highest BCUT2D eigenvalue weighted by Gasteiger charge is 2.20. The van der Waals surface area contributed by atoms with Gasteiger partial charge in [0.1, 0.15) is 0 Å². The number of nitrogens with zero attached hydrogens (tertiary/aromatic N) is 1. The van der Waals surface area contributed by atoms with Gasteiger partial charge in [0.05, 0.1) is 8.07 Å². The number of benzene rings is 10. The summed E-state index contributed by atoms with van der Waals surface area (Å²) in [5.41, 5.74) is 6.07. The lowest BCUT2D eigenvalue weighted by Crippen LogP contribution is -2.37. The maximum absolute atomic E-state index is 2.41. The van der Waals surface area contributed by atoms with Gasteiger partial charge < -0.3 is 4.90 Å². The number of hydrogen-bond donors (Lipinski definition) is 0. The second-order valence-corrected chi connectivity index (χ2v) is 19.7. The Balaban J connectivity index is 1.14. The summed E-state index contributed by atoms with van der Waals surface area (Å²) in [5, 5.41) is 17.2. The molecule has 0 bridgehead atoms. The summed E-state index contributed by atoms with van der Waals surface area (Å²) in [5.74, 6) is 0. The Hall–Kier alpha value is -5.70. The molecule has 0 aliphatic heterocycles. The van der Waals surface area contributed by atoms with E-state index in [1.807, 2.05) is 0 Å². The van der Waals surface area contributed by atoms with Crippen LogP contribution in [0.1, 0.15) is 0 Å². The molecule has 1 nitrogen and oxygen atoms in total. The van der Waals surface area contributed by atoms with Crippen molar-refractivity contribution in [1.29, 1.82) is 0 Å². The Morgan fingerprint density at radius 3 is 1.47 bits per heavy atom. The third-order valence-corrected chi connectivity index (χ3v) is 12.7. The highest BCUT2D eigenvalue weighted by molar-refractivity contribution is 6.88. The van der Waals surface area contributed by atoms with Crippen LogP contribution in [-0.4, -0.2) is 8.07 Å². The molecule has 232 valence electrons. The van der Waals surface area contributed by atoms with E-state index >= 15 is 0 Å². The van der Waals surface area contributed by atoms with Crippen LogP contribution in [0.5, 0.6) is 0 Å². The third-order valence-electron chi connectivity index (χ3n) is 10.6. The minimum absolute atomic E-state index is 1.16. The summed E-state index contributed by atoms with van der Waals surface area (Å²) in [6.45, 7) is 7.22. The van der Waals surface area contributed by atoms with Crippen LogP contribution >= 0.6 is 0 Å². The average Bonchev–Trinajstić information content (AvgIpc) is 3.13. The maximum atomic E-state index is 2.41. The van der Waals surface area contributed by atoms with E-state index in [1.165, 1.54) is 92.3 Å². The van der Waals surface area contributed by atoms with E-state index in [0.29, 0.717) is 0 Å². The van der Waals surface area contributed by atoms with Crippen molar-refractivity contribution in [2.45, 2.75) is 19.6 Å². The van der Waals surface area contributed by atoms with Crippen LogP contribution in [0.2, 0.25) is 19.6 Å². The first-order valence-electron chi connectivity index (χ1n) is 17.3. The van der Waals surface area contributed by atoms with Crippen molar-refractivity contribution >= 4 is 95.0 Å². The number of rotatable bonds is 5. The van der Waals surface area contributed by atoms with E-state index in [0.717, 1.165) is 5.69 Å². The molecular formula is C47H35NSi. The molecule has 10 aromatic carbocycles. The minimum Gasteiger partial charge on any atom is -0.310 e. The molecule has 0 aromatic heterocycles. The lowest BCUT2D eigenvalue weighted by molar-refractivity contribution is 1.29. The van der Waals surface area contributed by atoms with Crippen LogP contribution in [0, 0.1) is 0 Å². The van der Waals surface area contributed by atoms with Gasteiger partial charge in [0.25, 0.3) is 0 Å². The Morgan fingerprint density at radius 1 is 0.367 bits per heavy atom. The fraction of sp³-hybridized carbons (Fsp3) is 0.0638. The Labute approximate surface area is 287 Å². The van der Waals surface area contributed by atoms with Gasteiger partial charge in [0.15, 0.2) is 0 Å². The lowest BCUT2D eigenvalue weighted by atomic mass is 9.87. The first-order chi connectivity index (χ1) is 23.9. The van der Waals surface area contributed by atoms with Gasteiger partial charge in [0.2, 0.25) is 0 Å². The smallest absolute Gasteiger partial charge is 0.0775 e. The maximum Gasteiger partial charge on any atom is 0.0775 e. The zero-order valence-corrected chi connectivity index (χ0v) is 29.0. The van der Waals surface area contributed by atoms with Crippen LogP contribution in [0.25, 0.3) is 75.8 Å². The molecule has 0 saturated heterocycles. The van der Waals surface area contributed by atoms with Gasteiger partial charge in [-0.05, 0) is 124 Å². The van der Waals surface area contributed by atoms with E-state index in [9.17, 15) is 0 Å². The van der Waals surface area contributed by atoms with Crippen molar-refractivity contribution in [3.05, 3.63) is 158 Å². The molecule has 0 fully saturated rings. The SMILES string of the molecule is C[Si](C)(C)c1ccc(N(c2ccccc2)c2cc3ccc4cc(-c5ccc6ccc7cccc8ccc5c6c78)cc5ccc(c2)c3c45)cc1. The van der Waals surface area contributed by atoms with Gasteiger partial charge in [-0.1, -0.05) is 134 Å². The highest BCUT2D eigenvalue weighted by atomic mass is 28.3. The molecule has 10 aromatic rings. The van der Waals surface area contributed by atoms with Crippen LogP contribution in [-0.2, 0) is 0 Å². The van der Waals surface area contributed by atoms with E-state index in [4.69, 9.17) is 0 Å². The first-order valence-corrected chi connectivity index (χ1v) is 20.8. The van der Waals surface area contributed by atoms with Gasteiger partial charge in [-0.25, -0.2) is 0 Å². The predicted molar refractivity (Wildman–Crippen MR) is 217 cm³/mol. The molecule has 0 spiro atoms. The third kappa shape index (κ3) is 4.37. The van der Waals surface area contributed by atoms with Gasteiger partial charge in [0, 0.05) is 17.1 Å². The van der Waals surface area contributed by atoms with Crippen LogP contribution in [0.4, 0.5) is 17.1 Å². The van der Waals surface area contributed by atoms with Crippen LogP contribution in [0.15, 0.2) is 158 Å². The second kappa shape index (κ2) is 10.4. The van der Waals surface area contributed by atoms with Gasteiger partial charge in [-0.3, -0.25) is 0 Å². The number of anilines is 3. The Morgan fingerprint density at radius 2 is 0.857 bits per heavy atom. The summed E-state index contributed by atoms with van der Waals surface area (Å²) >= 11 is 0. The predicted octanol–water partition coefficient (Wildman–Crippen LogP) is 13.2. The zero-order valence-electron chi connectivity index (χ0n) is 28.0. The molecule has 0 aliphatic rings. The monoisotopic (exact) mass is 641 g/mol. The Kier molecular flexibility index (Phi) is 6.01.